The summed E-state index contributed by atoms with van der Waals surface area (Å²) in [5.74, 6) is -0.196. The van der Waals surface area contributed by atoms with Gasteiger partial charge in [-0.3, -0.25) is 4.79 Å². The molecule has 0 spiro atoms. The lowest BCUT2D eigenvalue weighted by Gasteiger charge is -2.37. The van der Waals surface area contributed by atoms with E-state index in [0.29, 0.717) is 25.9 Å². The molecule has 1 N–H and O–H groups in total. The third-order valence-corrected chi connectivity index (χ3v) is 7.07. The van der Waals surface area contributed by atoms with E-state index in [9.17, 15) is 17.6 Å². The second-order valence-electron chi connectivity index (χ2n) is 6.85. The number of methoxy groups -OCH3 is 1. The molecule has 4 atom stereocenters. The van der Waals surface area contributed by atoms with Crippen LogP contribution in [0.15, 0.2) is 29.2 Å². The summed E-state index contributed by atoms with van der Waals surface area (Å²) in [6, 6.07) is 4.81. The number of amides is 1. The van der Waals surface area contributed by atoms with Crippen LogP contribution in [0.3, 0.4) is 0 Å². The largest absolute Gasteiger partial charge is 0.379 e. The summed E-state index contributed by atoms with van der Waals surface area (Å²) >= 11 is 0. The van der Waals surface area contributed by atoms with Crippen molar-refractivity contribution in [2.24, 2.45) is 11.8 Å². The number of halogens is 1. The lowest BCUT2D eigenvalue weighted by Crippen LogP contribution is -2.49. The van der Waals surface area contributed by atoms with E-state index in [4.69, 9.17) is 4.74 Å². The number of hydrogen-bond donors (Lipinski definition) is 1. The van der Waals surface area contributed by atoms with Crippen molar-refractivity contribution in [3.05, 3.63) is 30.1 Å². The molecular weight excluding hydrogens is 347 g/mol. The molecule has 25 heavy (non-hydrogen) atoms. The van der Waals surface area contributed by atoms with E-state index in [-0.39, 0.29) is 34.8 Å². The number of benzene rings is 1. The first-order valence-corrected chi connectivity index (χ1v) is 9.81. The van der Waals surface area contributed by atoms with E-state index in [0.717, 1.165) is 12.1 Å². The summed E-state index contributed by atoms with van der Waals surface area (Å²) in [6.07, 6.45) is 1.29. The number of ether oxygens (including phenoxy) is 1. The molecule has 2 aliphatic rings. The van der Waals surface area contributed by atoms with Crippen molar-refractivity contribution < 1.29 is 22.3 Å². The molecule has 0 unspecified atom stereocenters. The second kappa shape index (κ2) is 7.01. The maximum atomic E-state index is 13.1. The van der Waals surface area contributed by atoms with Crippen molar-refractivity contribution in [1.82, 2.24) is 9.62 Å². The van der Waals surface area contributed by atoms with Crippen LogP contribution >= 0.6 is 0 Å². The Morgan fingerprint density at radius 3 is 2.36 bits per heavy atom. The highest BCUT2D eigenvalue weighted by molar-refractivity contribution is 7.89. The molecule has 1 aliphatic heterocycles. The van der Waals surface area contributed by atoms with E-state index in [1.54, 1.807) is 7.11 Å². The van der Waals surface area contributed by atoms with E-state index < -0.39 is 15.8 Å². The highest BCUT2D eigenvalue weighted by Crippen LogP contribution is 2.39. The van der Waals surface area contributed by atoms with Crippen molar-refractivity contribution in [3.63, 3.8) is 0 Å². The topological polar surface area (TPSA) is 75.7 Å². The quantitative estimate of drug-likeness (QED) is 0.869. The highest BCUT2D eigenvalue weighted by atomic mass is 32.2. The van der Waals surface area contributed by atoms with Crippen LogP contribution in [0.25, 0.3) is 0 Å². The van der Waals surface area contributed by atoms with Crippen molar-refractivity contribution in [3.8, 4) is 0 Å². The highest BCUT2D eigenvalue weighted by Gasteiger charge is 2.45. The fraction of sp³-hybridized carbons (Fsp3) is 0.588. The van der Waals surface area contributed by atoms with Crippen LogP contribution in [0.2, 0.25) is 0 Å². The van der Waals surface area contributed by atoms with Gasteiger partial charge in [-0.2, -0.15) is 4.31 Å². The fourth-order valence-electron chi connectivity index (χ4n) is 4.00. The molecule has 1 aliphatic carbocycles. The monoisotopic (exact) mass is 370 g/mol. The van der Waals surface area contributed by atoms with Gasteiger partial charge in [0.15, 0.2) is 0 Å². The molecule has 1 aromatic rings. The Labute approximate surface area is 147 Å². The third-order valence-electron chi connectivity index (χ3n) is 5.23. The maximum absolute atomic E-state index is 13.1. The summed E-state index contributed by atoms with van der Waals surface area (Å²) in [5, 5.41) is 2.91. The molecule has 8 heteroatoms. The molecule has 6 nitrogen and oxygen atoms in total. The van der Waals surface area contributed by atoms with E-state index in [2.05, 4.69) is 5.32 Å². The van der Waals surface area contributed by atoms with Gasteiger partial charge in [0.2, 0.25) is 15.9 Å². The zero-order chi connectivity index (χ0) is 18.2. The van der Waals surface area contributed by atoms with Gasteiger partial charge in [-0.25, -0.2) is 12.8 Å². The number of nitrogens with zero attached hydrogens (tertiary/aromatic N) is 1. The first-order chi connectivity index (χ1) is 11.8. The van der Waals surface area contributed by atoms with Crippen LogP contribution in [-0.4, -0.2) is 51.0 Å². The second-order valence-corrected chi connectivity index (χ2v) is 8.79. The molecule has 1 saturated carbocycles. The number of rotatable bonds is 4. The van der Waals surface area contributed by atoms with Gasteiger partial charge in [-0.05, 0) is 48.9 Å². The first-order valence-electron chi connectivity index (χ1n) is 8.37. The lowest BCUT2D eigenvalue weighted by atomic mass is 9.77. The molecule has 0 aromatic heterocycles. The Bertz CT molecular complexity index is 738. The Hall–Kier alpha value is -1.51. The van der Waals surface area contributed by atoms with Gasteiger partial charge in [-0.1, -0.05) is 0 Å². The predicted octanol–water partition coefficient (Wildman–Crippen LogP) is 1.38. The minimum atomic E-state index is -3.64. The summed E-state index contributed by atoms with van der Waals surface area (Å²) in [6.45, 7) is 2.31. The van der Waals surface area contributed by atoms with Gasteiger partial charge in [-0.15, -0.1) is 0 Å². The molecule has 1 heterocycles. The molecule has 1 amide bonds. The maximum Gasteiger partial charge on any atom is 0.243 e. The zero-order valence-corrected chi connectivity index (χ0v) is 15.1. The lowest BCUT2D eigenvalue weighted by molar-refractivity contribution is -0.121. The van der Waals surface area contributed by atoms with E-state index >= 15 is 0 Å². The summed E-state index contributed by atoms with van der Waals surface area (Å²) in [7, 11) is -2.03. The molecule has 0 radical (unpaired) electrons. The Balaban J connectivity index is 1.76. The van der Waals surface area contributed by atoms with Crippen LogP contribution in [0.4, 0.5) is 4.39 Å². The van der Waals surface area contributed by atoms with Crippen LogP contribution in [0.1, 0.15) is 19.8 Å². The number of hydrogen-bond acceptors (Lipinski definition) is 4. The van der Waals surface area contributed by atoms with Gasteiger partial charge in [0.05, 0.1) is 17.0 Å². The number of carbonyl (C=O) groups is 1. The predicted molar refractivity (Wildman–Crippen MR) is 89.8 cm³/mol. The molecule has 138 valence electrons. The Morgan fingerprint density at radius 1 is 1.20 bits per heavy atom. The molecule has 1 saturated heterocycles. The molecular formula is C17H23FN2O4S. The molecule has 0 bridgehead atoms. The number of nitrogens with one attached hydrogen (secondary N) is 1. The minimum Gasteiger partial charge on any atom is -0.379 e. The summed E-state index contributed by atoms with van der Waals surface area (Å²) in [5.41, 5.74) is 0. The van der Waals surface area contributed by atoms with Crippen molar-refractivity contribution in [2.75, 3.05) is 20.2 Å². The van der Waals surface area contributed by atoms with Crippen molar-refractivity contribution >= 4 is 15.9 Å². The molecule has 3 rings (SSSR count). The van der Waals surface area contributed by atoms with Gasteiger partial charge in [0, 0.05) is 27.1 Å². The standard InChI is InChI=1S/C17H23FN2O4S/c1-11(21)19-16-7-12-9-20(10-13(12)8-17(16)24-2)25(22,23)15-5-3-14(18)4-6-15/h3-6,12-13,16-17H,7-10H2,1-2H3,(H,19,21)/t12-,13+,16-,17-/m1/s1. The zero-order valence-electron chi connectivity index (χ0n) is 14.3. The minimum absolute atomic E-state index is 0.0998. The smallest absolute Gasteiger partial charge is 0.243 e. The molecule has 1 aromatic carbocycles. The number of fused-ring (bicyclic) bond motifs is 1. The van der Waals surface area contributed by atoms with Crippen LogP contribution in [0.5, 0.6) is 0 Å². The van der Waals surface area contributed by atoms with Gasteiger partial charge < -0.3 is 10.1 Å². The van der Waals surface area contributed by atoms with Crippen LogP contribution in [-0.2, 0) is 19.6 Å². The van der Waals surface area contributed by atoms with Crippen LogP contribution < -0.4 is 5.32 Å². The fourth-order valence-corrected chi connectivity index (χ4v) is 5.55. The molecule has 2 fully saturated rings. The SMILES string of the molecule is CO[C@@H]1C[C@H]2CN(S(=O)(=O)c3ccc(F)cc3)C[C@H]2C[C@H]1NC(C)=O. The van der Waals surface area contributed by atoms with Gasteiger partial charge in [0.25, 0.3) is 0 Å². The van der Waals surface area contributed by atoms with E-state index in [1.807, 2.05) is 0 Å². The van der Waals surface area contributed by atoms with Crippen molar-refractivity contribution in [2.45, 2.75) is 36.8 Å². The van der Waals surface area contributed by atoms with Gasteiger partial charge in [0.1, 0.15) is 5.82 Å². The third kappa shape index (κ3) is 3.70. The number of sulfonamides is 1. The summed E-state index contributed by atoms with van der Waals surface area (Å²) < 4.78 is 45.6. The average Bonchev–Trinajstić information content (AvgIpc) is 2.97. The van der Waals surface area contributed by atoms with Crippen LogP contribution in [0, 0.1) is 17.7 Å². The normalized spacial score (nSPS) is 30.0. The number of carbonyl (C=O) groups excluding carboxylic acids is 1. The average molecular weight is 370 g/mol. The Morgan fingerprint density at radius 2 is 1.80 bits per heavy atom. The van der Waals surface area contributed by atoms with Gasteiger partial charge >= 0.3 is 0 Å². The van der Waals surface area contributed by atoms with Crippen molar-refractivity contribution in [1.29, 1.82) is 0 Å². The summed E-state index contributed by atoms with van der Waals surface area (Å²) in [4.78, 5) is 11.5. The first kappa shape index (κ1) is 18.3. The van der Waals surface area contributed by atoms with E-state index in [1.165, 1.54) is 23.4 Å². The Kier molecular flexibility index (Phi) is 5.13.